The number of guanidine groups is 1. The van der Waals surface area contributed by atoms with Gasteiger partial charge in [0.2, 0.25) is 17.7 Å². The number of nitrogens with two attached hydrogens (primary N) is 3. The molecule has 13 heteroatoms. The second-order valence-corrected chi connectivity index (χ2v) is 7.92. The molecule has 178 valence electrons. The van der Waals surface area contributed by atoms with Crippen LogP contribution in [0, 0.1) is 5.92 Å². The number of hydrogen-bond acceptors (Lipinski definition) is 7. The predicted molar refractivity (Wildman–Crippen MR) is 120 cm³/mol. The number of carboxylic acid groups (broad SMARTS) is 1. The molecule has 0 saturated heterocycles. The number of aliphatic carboxylic acids is 1. The molecule has 10 N–H and O–H groups in total. The molecule has 0 aliphatic rings. The van der Waals surface area contributed by atoms with Gasteiger partial charge in [0.25, 0.3) is 0 Å². The van der Waals surface area contributed by atoms with Crippen LogP contribution in [0.1, 0.15) is 40.0 Å². The summed E-state index contributed by atoms with van der Waals surface area (Å²) in [7, 11) is 0. The molecular weight excluding hydrogens is 426 g/mol. The highest BCUT2D eigenvalue weighted by Crippen LogP contribution is 2.07. The molecule has 0 aliphatic carbocycles. The lowest BCUT2D eigenvalue weighted by atomic mass is 10.0. The third-order valence-electron chi connectivity index (χ3n) is 4.19. The van der Waals surface area contributed by atoms with E-state index in [0.717, 1.165) is 0 Å². The molecule has 31 heavy (non-hydrogen) atoms. The summed E-state index contributed by atoms with van der Waals surface area (Å²) in [5.41, 5.74) is 16.4. The van der Waals surface area contributed by atoms with Crippen LogP contribution in [-0.2, 0) is 19.2 Å². The molecule has 0 aromatic heterocycles. The summed E-state index contributed by atoms with van der Waals surface area (Å²) in [6.45, 7) is 5.49. The number of amides is 3. The van der Waals surface area contributed by atoms with Crippen molar-refractivity contribution in [2.75, 3.05) is 12.3 Å². The maximum atomic E-state index is 12.7. The van der Waals surface area contributed by atoms with Crippen molar-refractivity contribution >= 4 is 42.3 Å². The summed E-state index contributed by atoms with van der Waals surface area (Å²) in [5, 5.41) is 16.4. The highest BCUT2D eigenvalue weighted by Gasteiger charge is 2.28. The van der Waals surface area contributed by atoms with E-state index in [1.807, 2.05) is 13.8 Å². The van der Waals surface area contributed by atoms with Gasteiger partial charge in [0.05, 0.1) is 6.04 Å². The number of nitrogens with one attached hydrogen (secondary N) is 3. The molecule has 0 aromatic carbocycles. The SMILES string of the molecule is CC(C)CC(NC(=O)C(N)CCCN=C(N)N)C(=O)NC(C)C(=O)NC(CS)C(=O)O. The normalized spacial score (nSPS) is 14.6. The summed E-state index contributed by atoms with van der Waals surface area (Å²) in [4.78, 5) is 52.0. The van der Waals surface area contributed by atoms with Gasteiger partial charge in [-0.2, -0.15) is 12.6 Å². The molecule has 0 bridgehead atoms. The quantitative estimate of drug-likeness (QED) is 0.0619. The lowest BCUT2D eigenvalue weighted by molar-refractivity contribution is -0.141. The Bertz CT molecular complexity index is 655. The van der Waals surface area contributed by atoms with E-state index in [2.05, 4.69) is 33.6 Å². The van der Waals surface area contributed by atoms with E-state index in [4.69, 9.17) is 22.3 Å². The number of aliphatic imine (C=N–C) groups is 1. The first kappa shape index (κ1) is 28.5. The van der Waals surface area contributed by atoms with Crippen LogP contribution in [0.3, 0.4) is 0 Å². The molecule has 3 amide bonds. The molecule has 0 rings (SSSR count). The number of nitrogens with zero attached hydrogens (tertiary/aromatic N) is 1. The maximum Gasteiger partial charge on any atom is 0.327 e. The first-order valence-corrected chi connectivity index (χ1v) is 10.6. The molecular formula is C18H35N7O5S. The van der Waals surface area contributed by atoms with Gasteiger partial charge < -0.3 is 38.3 Å². The van der Waals surface area contributed by atoms with Crippen molar-refractivity contribution in [2.45, 2.75) is 64.2 Å². The number of rotatable bonds is 14. The van der Waals surface area contributed by atoms with Crippen molar-refractivity contribution in [2.24, 2.45) is 28.1 Å². The Morgan fingerprint density at radius 3 is 2.03 bits per heavy atom. The van der Waals surface area contributed by atoms with Crippen LogP contribution < -0.4 is 33.2 Å². The smallest absolute Gasteiger partial charge is 0.327 e. The van der Waals surface area contributed by atoms with Crippen molar-refractivity contribution in [3.05, 3.63) is 0 Å². The van der Waals surface area contributed by atoms with Gasteiger partial charge in [0, 0.05) is 12.3 Å². The molecule has 0 fully saturated rings. The van der Waals surface area contributed by atoms with Crippen LogP contribution in [0.15, 0.2) is 4.99 Å². The Morgan fingerprint density at radius 2 is 1.55 bits per heavy atom. The molecule has 0 aromatic rings. The highest BCUT2D eigenvalue weighted by atomic mass is 32.1. The van der Waals surface area contributed by atoms with Crippen LogP contribution in [0.4, 0.5) is 0 Å². The van der Waals surface area contributed by atoms with Crippen LogP contribution in [0.2, 0.25) is 0 Å². The Morgan fingerprint density at radius 1 is 0.968 bits per heavy atom. The van der Waals surface area contributed by atoms with Gasteiger partial charge in [-0.1, -0.05) is 13.8 Å². The van der Waals surface area contributed by atoms with Gasteiger partial charge in [0.15, 0.2) is 5.96 Å². The zero-order valence-corrected chi connectivity index (χ0v) is 19.0. The molecule has 4 atom stereocenters. The average Bonchev–Trinajstić information content (AvgIpc) is 2.67. The van der Waals surface area contributed by atoms with Gasteiger partial charge >= 0.3 is 5.97 Å². The fraction of sp³-hybridized carbons (Fsp3) is 0.722. The largest absolute Gasteiger partial charge is 0.480 e. The van der Waals surface area contributed by atoms with Gasteiger partial charge in [-0.05, 0) is 32.1 Å². The Hall–Kier alpha value is -2.54. The summed E-state index contributed by atoms with van der Waals surface area (Å²) < 4.78 is 0. The van der Waals surface area contributed by atoms with Crippen molar-refractivity contribution in [1.29, 1.82) is 0 Å². The third-order valence-corrected chi connectivity index (χ3v) is 4.56. The molecule has 0 saturated carbocycles. The number of carbonyl (C=O) groups excluding carboxylic acids is 3. The topological polar surface area (TPSA) is 215 Å². The minimum Gasteiger partial charge on any atom is -0.480 e. The van der Waals surface area contributed by atoms with Gasteiger partial charge in [-0.3, -0.25) is 19.4 Å². The monoisotopic (exact) mass is 461 g/mol. The molecule has 0 aliphatic heterocycles. The first-order valence-electron chi connectivity index (χ1n) is 9.94. The van der Waals surface area contributed by atoms with E-state index in [1.54, 1.807) is 0 Å². The minimum absolute atomic E-state index is 0.0473. The van der Waals surface area contributed by atoms with E-state index in [9.17, 15) is 19.2 Å². The van der Waals surface area contributed by atoms with E-state index < -0.39 is 47.9 Å². The van der Waals surface area contributed by atoms with Crippen molar-refractivity contribution < 1.29 is 24.3 Å². The highest BCUT2D eigenvalue weighted by molar-refractivity contribution is 7.80. The van der Waals surface area contributed by atoms with Crippen LogP contribution in [0.25, 0.3) is 0 Å². The van der Waals surface area contributed by atoms with Crippen LogP contribution in [-0.4, -0.2) is 71.2 Å². The molecule has 0 heterocycles. The Kier molecular flexibility index (Phi) is 13.3. The lowest BCUT2D eigenvalue weighted by Gasteiger charge is -2.24. The molecule has 0 spiro atoms. The number of thiol groups is 1. The maximum absolute atomic E-state index is 12.7. The van der Waals surface area contributed by atoms with E-state index in [-0.39, 0.29) is 17.6 Å². The fourth-order valence-corrected chi connectivity index (χ4v) is 2.74. The van der Waals surface area contributed by atoms with Crippen molar-refractivity contribution in [1.82, 2.24) is 16.0 Å². The van der Waals surface area contributed by atoms with Crippen molar-refractivity contribution in [3.63, 3.8) is 0 Å². The first-order chi connectivity index (χ1) is 14.4. The Balaban J connectivity index is 4.92. The molecule has 0 radical (unpaired) electrons. The number of carboxylic acids is 1. The second kappa shape index (κ2) is 14.5. The van der Waals surface area contributed by atoms with Gasteiger partial charge in [-0.15, -0.1) is 0 Å². The summed E-state index contributed by atoms with van der Waals surface area (Å²) in [6, 6.07) is -3.97. The molecule has 4 unspecified atom stereocenters. The molecule has 12 nitrogen and oxygen atoms in total. The van der Waals surface area contributed by atoms with Gasteiger partial charge in [-0.25, -0.2) is 4.79 Å². The summed E-state index contributed by atoms with van der Waals surface area (Å²) in [6.07, 6.45) is 1.12. The van der Waals surface area contributed by atoms with Crippen LogP contribution in [0.5, 0.6) is 0 Å². The van der Waals surface area contributed by atoms with Crippen molar-refractivity contribution in [3.8, 4) is 0 Å². The summed E-state index contributed by atoms with van der Waals surface area (Å²) in [5.74, 6) is -3.08. The van der Waals surface area contributed by atoms with Crippen LogP contribution >= 0.6 is 12.6 Å². The second-order valence-electron chi connectivity index (χ2n) is 7.56. The van der Waals surface area contributed by atoms with Gasteiger partial charge in [0.1, 0.15) is 18.1 Å². The van der Waals surface area contributed by atoms with E-state index in [1.165, 1.54) is 6.92 Å². The van der Waals surface area contributed by atoms with E-state index in [0.29, 0.717) is 25.8 Å². The minimum atomic E-state index is -1.24. The fourth-order valence-electron chi connectivity index (χ4n) is 2.49. The third kappa shape index (κ3) is 12.0. The standard InChI is InChI=1S/C18H35N7O5S/c1-9(2)7-12(24-15(27)11(19)5-4-6-22-18(20)21)16(28)23-10(3)14(26)25-13(8-31)17(29)30/h9-13,31H,4-8,19H2,1-3H3,(H,23,28)(H,24,27)(H,25,26)(H,29,30)(H4,20,21,22). The zero-order valence-electron chi connectivity index (χ0n) is 18.1. The number of hydrogen-bond donors (Lipinski definition) is 8. The average molecular weight is 462 g/mol. The lowest BCUT2D eigenvalue weighted by Crippen LogP contribution is -2.56. The number of carbonyl (C=O) groups is 4. The Labute approximate surface area is 187 Å². The summed E-state index contributed by atoms with van der Waals surface area (Å²) >= 11 is 3.87. The van der Waals surface area contributed by atoms with E-state index >= 15 is 0 Å². The predicted octanol–water partition coefficient (Wildman–Crippen LogP) is -2.10. The zero-order chi connectivity index (χ0) is 24.1.